The standard InChI is InChI=1S/C22H16BF2N5S/c1-15-4-6-16(7-5-15)22(18-3-2-11-26-18)20-8-9-21(30(20)23(24)25)29-13-19(27-28-29)17-10-12-31-14-17/h2-14H,1H3/b22-18+. The fourth-order valence-corrected chi connectivity index (χ4v) is 4.20. The minimum absolute atomic E-state index is 0.232. The molecule has 1 aromatic carbocycles. The molecule has 4 heterocycles. The van der Waals surface area contributed by atoms with Crippen molar-refractivity contribution in [1.29, 1.82) is 0 Å². The van der Waals surface area contributed by atoms with Crippen LogP contribution in [0.3, 0.4) is 0 Å². The zero-order chi connectivity index (χ0) is 21.4. The maximum absolute atomic E-state index is 14.3. The highest BCUT2D eigenvalue weighted by Crippen LogP contribution is 2.33. The van der Waals surface area contributed by atoms with Gasteiger partial charge in [-0.3, -0.25) is 13.6 Å². The van der Waals surface area contributed by atoms with Crippen molar-refractivity contribution in [2.45, 2.75) is 6.92 Å². The number of hydrogen-bond acceptors (Lipinski definition) is 4. The van der Waals surface area contributed by atoms with Crippen LogP contribution >= 0.6 is 11.3 Å². The molecule has 0 spiro atoms. The summed E-state index contributed by atoms with van der Waals surface area (Å²) >= 11 is 1.54. The Hall–Kier alpha value is -3.59. The summed E-state index contributed by atoms with van der Waals surface area (Å²) in [5.74, 6) is 0.232. The van der Waals surface area contributed by atoms with Gasteiger partial charge in [0.15, 0.2) is 0 Å². The second-order valence-electron chi connectivity index (χ2n) is 7.05. The summed E-state index contributed by atoms with van der Waals surface area (Å²) in [5.41, 5.74) is 5.06. The van der Waals surface area contributed by atoms with Gasteiger partial charge < -0.3 is 4.48 Å². The van der Waals surface area contributed by atoms with Gasteiger partial charge in [-0.15, -0.1) is 5.10 Å². The number of benzene rings is 1. The maximum atomic E-state index is 14.3. The summed E-state index contributed by atoms with van der Waals surface area (Å²) < 4.78 is 31.0. The Morgan fingerprint density at radius 1 is 1.06 bits per heavy atom. The van der Waals surface area contributed by atoms with Gasteiger partial charge in [0.25, 0.3) is 0 Å². The van der Waals surface area contributed by atoms with Gasteiger partial charge in [-0.05, 0) is 48.2 Å². The largest absolute Gasteiger partial charge is 0.679 e. The van der Waals surface area contributed by atoms with Gasteiger partial charge in [-0.2, -0.15) is 11.3 Å². The number of aryl methyl sites for hydroxylation is 1. The summed E-state index contributed by atoms with van der Waals surface area (Å²) in [7, 11) is -2.77. The molecule has 0 saturated heterocycles. The Morgan fingerprint density at radius 2 is 1.90 bits per heavy atom. The number of hydrogen-bond donors (Lipinski definition) is 0. The molecule has 0 aliphatic carbocycles. The third kappa shape index (κ3) is 3.57. The van der Waals surface area contributed by atoms with Crippen LogP contribution in [0.25, 0.3) is 22.6 Å². The summed E-state index contributed by atoms with van der Waals surface area (Å²) in [5, 5.41) is 12.1. The van der Waals surface area contributed by atoms with Gasteiger partial charge in [-0.25, -0.2) is 4.68 Å². The predicted octanol–water partition coefficient (Wildman–Crippen LogP) is 5.28. The minimum Gasteiger partial charge on any atom is -0.310 e. The van der Waals surface area contributed by atoms with E-state index >= 15 is 0 Å². The highest BCUT2D eigenvalue weighted by Gasteiger charge is 2.28. The molecule has 3 aromatic heterocycles. The van der Waals surface area contributed by atoms with Crippen molar-refractivity contribution >= 4 is 30.5 Å². The lowest BCUT2D eigenvalue weighted by atomic mass is 9.98. The molecule has 4 aromatic rings. The molecule has 9 heteroatoms. The van der Waals surface area contributed by atoms with E-state index < -0.39 is 7.40 Å². The predicted molar refractivity (Wildman–Crippen MR) is 121 cm³/mol. The lowest BCUT2D eigenvalue weighted by Crippen LogP contribution is -2.20. The monoisotopic (exact) mass is 431 g/mol. The molecule has 1 aliphatic rings. The summed E-state index contributed by atoms with van der Waals surface area (Å²) in [6.45, 7) is 1.99. The topological polar surface area (TPSA) is 48.0 Å². The first-order valence-corrected chi connectivity index (χ1v) is 10.5. The summed E-state index contributed by atoms with van der Waals surface area (Å²) in [6, 6.07) is 13.0. The molecule has 31 heavy (non-hydrogen) atoms. The Bertz CT molecular complexity index is 1300. The van der Waals surface area contributed by atoms with Crippen LogP contribution in [0.5, 0.6) is 0 Å². The molecule has 0 amide bonds. The van der Waals surface area contributed by atoms with E-state index in [1.807, 2.05) is 54.1 Å². The van der Waals surface area contributed by atoms with Gasteiger partial charge in [-0.1, -0.05) is 35.0 Å². The normalized spacial score (nSPS) is 14.4. The van der Waals surface area contributed by atoms with E-state index in [1.54, 1.807) is 42.0 Å². The third-order valence-corrected chi connectivity index (χ3v) is 5.73. The van der Waals surface area contributed by atoms with Gasteiger partial charge in [0.2, 0.25) is 0 Å². The van der Waals surface area contributed by atoms with E-state index in [0.29, 0.717) is 22.7 Å². The lowest BCUT2D eigenvalue weighted by molar-refractivity contribution is 0.618. The fraction of sp³-hybridized carbons (Fsp3) is 0.0455. The van der Waals surface area contributed by atoms with Crippen molar-refractivity contribution in [3.8, 4) is 17.1 Å². The van der Waals surface area contributed by atoms with Crippen LogP contribution in [0.15, 0.2) is 82.3 Å². The van der Waals surface area contributed by atoms with Gasteiger partial charge in [0, 0.05) is 28.4 Å². The van der Waals surface area contributed by atoms with Crippen LogP contribution < -0.4 is 0 Å². The van der Waals surface area contributed by atoms with Crippen LogP contribution in [-0.2, 0) is 0 Å². The van der Waals surface area contributed by atoms with Crippen LogP contribution in [-0.4, -0.2) is 33.1 Å². The smallest absolute Gasteiger partial charge is 0.310 e. The highest BCUT2D eigenvalue weighted by atomic mass is 32.1. The van der Waals surface area contributed by atoms with Crippen LogP contribution in [0.1, 0.15) is 16.8 Å². The van der Waals surface area contributed by atoms with E-state index in [9.17, 15) is 8.63 Å². The van der Waals surface area contributed by atoms with Crippen molar-refractivity contribution in [2.24, 2.45) is 4.99 Å². The number of allylic oxidation sites excluding steroid dienone is 2. The summed E-state index contributed by atoms with van der Waals surface area (Å²) in [6.07, 6.45) is 6.93. The quantitative estimate of drug-likeness (QED) is 0.404. The van der Waals surface area contributed by atoms with Crippen LogP contribution in [0, 0.1) is 6.92 Å². The van der Waals surface area contributed by atoms with Crippen molar-refractivity contribution in [3.63, 3.8) is 0 Å². The van der Waals surface area contributed by atoms with E-state index in [2.05, 4.69) is 15.3 Å². The van der Waals surface area contributed by atoms with E-state index in [0.717, 1.165) is 21.2 Å². The Labute approximate surface area is 181 Å². The van der Waals surface area contributed by atoms with Gasteiger partial charge in [0.1, 0.15) is 11.5 Å². The molecule has 0 radical (unpaired) electrons. The molecule has 5 rings (SSSR count). The molecule has 0 atom stereocenters. The van der Waals surface area contributed by atoms with Crippen molar-refractivity contribution < 1.29 is 8.63 Å². The van der Waals surface area contributed by atoms with Crippen LogP contribution in [0.4, 0.5) is 8.63 Å². The molecule has 152 valence electrons. The average Bonchev–Trinajstić information content (AvgIpc) is 3.55. The number of aromatic nitrogens is 4. The Balaban J connectivity index is 1.67. The number of halogens is 2. The first-order valence-electron chi connectivity index (χ1n) is 9.59. The minimum atomic E-state index is -2.77. The molecule has 0 bridgehead atoms. The molecular weight excluding hydrogens is 415 g/mol. The first kappa shape index (κ1) is 19.4. The zero-order valence-corrected chi connectivity index (χ0v) is 17.3. The second kappa shape index (κ2) is 7.92. The van der Waals surface area contributed by atoms with Gasteiger partial charge >= 0.3 is 7.40 Å². The second-order valence-corrected chi connectivity index (χ2v) is 7.83. The Kier molecular flexibility index (Phi) is 4.95. The maximum Gasteiger partial charge on any atom is 0.679 e. The van der Waals surface area contributed by atoms with E-state index in [1.165, 1.54) is 4.68 Å². The van der Waals surface area contributed by atoms with Crippen molar-refractivity contribution in [1.82, 2.24) is 19.5 Å². The number of nitrogens with zero attached hydrogens (tertiary/aromatic N) is 5. The average molecular weight is 431 g/mol. The van der Waals surface area contributed by atoms with E-state index in [-0.39, 0.29) is 5.82 Å². The molecule has 5 nitrogen and oxygen atoms in total. The molecule has 0 fully saturated rings. The Morgan fingerprint density at radius 3 is 2.58 bits per heavy atom. The fourth-order valence-electron chi connectivity index (χ4n) is 3.55. The van der Waals surface area contributed by atoms with Crippen molar-refractivity contribution in [3.05, 3.63) is 94.1 Å². The number of rotatable bonds is 5. The molecule has 0 unspecified atom stereocenters. The zero-order valence-electron chi connectivity index (χ0n) is 16.5. The molecular formula is C22H16BF2N5S. The third-order valence-electron chi connectivity index (χ3n) is 5.04. The first-order chi connectivity index (χ1) is 15.1. The molecule has 1 aliphatic heterocycles. The summed E-state index contributed by atoms with van der Waals surface area (Å²) in [4.78, 5) is 4.38. The molecule has 0 N–H and O–H groups in total. The molecule has 0 saturated carbocycles. The lowest BCUT2D eigenvalue weighted by Gasteiger charge is -2.15. The van der Waals surface area contributed by atoms with Crippen molar-refractivity contribution in [2.75, 3.05) is 0 Å². The highest BCUT2D eigenvalue weighted by molar-refractivity contribution is 7.08. The number of aliphatic imine (C=N–C) groups is 1. The van der Waals surface area contributed by atoms with Crippen LogP contribution in [0.2, 0.25) is 0 Å². The van der Waals surface area contributed by atoms with E-state index in [4.69, 9.17) is 0 Å². The SMILES string of the molecule is Cc1ccc(/C(=C2/C=CC=N2)c2ccc(-n3cc(-c4ccsc4)nn3)n2B(F)F)cc1. The number of thiophene rings is 1. The van der Waals surface area contributed by atoms with Gasteiger partial charge in [0.05, 0.1) is 11.9 Å².